The third-order valence-corrected chi connectivity index (χ3v) is 3.70. The second-order valence-corrected chi connectivity index (χ2v) is 5.34. The van der Waals surface area contributed by atoms with Gasteiger partial charge in [-0.2, -0.15) is 0 Å². The summed E-state index contributed by atoms with van der Waals surface area (Å²) in [5.41, 5.74) is 0.446. The first kappa shape index (κ1) is 15.9. The number of benzene rings is 2. The van der Waals surface area contributed by atoms with E-state index in [2.05, 4.69) is 10.3 Å². The Labute approximate surface area is 137 Å². The lowest BCUT2D eigenvalue weighted by atomic mass is 10.1. The summed E-state index contributed by atoms with van der Waals surface area (Å²) < 4.78 is 29.0. The van der Waals surface area contributed by atoms with Crippen molar-refractivity contribution < 1.29 is 13.6 Å². The van der Waals surface area contributed by atoms with Gasteiger partial charge in [0.25, 0.3) is 5.91 Å². The van der Waals surface area contributed by atoms with Crippen LogP contribution in [-0.4, -0.2) is 15.5 Å². The number of rotatable bonds is 4. The maximum atomic E-state index is 13.8. The van der Waals surface area contributed by atoms with Crippen LogP contribution in [0.5, 0.6) is 0 Å². The number of halogens is 2. The zero-order valence-electron chi connectivity index (χ0n) is 12.9. The Bertz CT molecular complexity index is 862. The van der Waals surface area contributed by atoms with Crippen molar-refractivity contribution in [2.24, 2.45) is 7.05 Å². The van der Waals surface area contributed by atoms with Crippen LogP contribution < -0.4 is 5.32 Å². The van der Waals surface area contributed by atoms with Crippen molar-refractivity contribution in [2.75, 3.05) is 0 Å². The molecule has 0 spiro atoms. The van der Waals surface area contributed by atoms with Gasteiger partial charge in [-0.15, -0.1) is 0 Å². The van der Waals surface area contributed by atoms with E-state index < -0.39 is 23.6 Å². The van der Waals surface area contributed by atoms with Gasteiger partial charge in [0.15, 0.2) is 0 Å². The lowest BCUT2D eigenvalue weighted by Crippen LogP contribution is -2.31. The normalized spacial score (nSPS) is 12.0. The van der Waals surface area contributed by atoms with E-state index >= 15 is 0 Å². The summed E-state index contributed by atoms with van der Waals surface area (Å²) in [7, 11) is 1.80. The molecule has 3 aromatic rings. The van der Waals surface area contributed by atoms with Gasteiger partial charge in [0.2, 0.25) is 0 Å². The minimum Gasteiger partial charge on any atom is -0.338 e. The van der Waals surface area contributed by atoms with Crippen LogP contribution in [0.25, 0.3) is 0 Å². The van der Waals surface area contributed by atoms with Crippen LogP contribution in [0, 0.1) is 11.6 Å². The predicted molar refractivity (Wildman–Crippen MR) is 85.3 cm³/mol. The SMILES string of the molecule is Cn1ccnc1[C@H](NC(=O)c1cc(F)ccc1F)c1ccccc1. The average Bonchev–Trinajstić information content (AvgIpc) is 3.01. The molecule has 0 unspecified atom stereocenters. The van der Waals surface area contributed by atoms with E-state index in [1.807, 2.05) is 30.3 Å². The molecule has 1 amide bonds. The fourth-order valence-corrected chi connectivity index (χ4v) is 2.48. The third-order valence-electron chi connectivity index (χ3n) is 3.70. The van der Waals surface area contributed by atoms with Crippen molar-refractivity contribution in [3.05, 3.63) is 89.5 Å². The highest BCUT2D eigenvalue weighted by molar-refractivity contribution is 5.94. The molecule has 2 aromatic carbocycles. The number of nitrogens with one attached hydrogen (secondary N) is 1. The number of aromatic nitrogens is 2. The van der Waals surface area contributed by atoms with E-state index in [1.54, 1.807) is 24.0 Å². The zero-order valence-corrected chi connectivity index (χ0v) is 12.9. The molecule has 3 rings (SSSR count). The summed E-state index contributed by atoms with van der Waals surface area (Å²) in [6, 6.07) is 11.4. The van der Waals surface area contributed by atoms with E-state index in [-0.39, 0.29) is 5.56 Å². The van der Waals surface area contributed by atoms with E-state index in [0.29, 0.717) is 5.82 Å². The van der Waals surface area contributed by atoms with Crippen molar-refractivity contribution in [2.45, 2.75) is 6.04 Å². The van der Waals surface area contributed by atoms with Gasteiger partial charge < -0.3 is 9.88 Å². The number of amides is 1. The molecular weight excluding hydrogens is 312 g/mol. The minimum atomic E-state index is -0.777. The topological polar surface area (TPSA) is 46.9 Å². The van der Waals surface area contributed by atoms with Gasteiger partial charge in [-0.3, -0.25) is 4.79 Å². The van der Waals surface area contributed by atoms with Crippen LogP contribution in [0.4, 0.5) is 8.78 Å². The fraction of sp³-hybridized carbons (Fsp3) is 0.111. The minimum absolute atomic E-state index is 0.342. The first-order chi connectivity index (χ1) is 11.6. The molecule has 0 saturated heterocycles. The number of hydrogen-bond acceptors (Lipinski definition) is 2. The molecule has 122 valence electrons. The van der Waals surface area contributed by atoms with Crippen molar-refractivity contribution in [3.63, 3.8) is 0 Å². The van der Waals surface area contributed by atoms with Gasteiger partial charge in [0, 0.05) is 19.4 Å². The standard InChI is InChI=1S/C18H15F2N3O/c1-23-10-9-21-17(23)16(12-5-3-2-4-6-12)22-18(24)14-11-13(19)7-8-15(14)20/h2-11,16H,1H3,(H,22,24)/t16-/m1/s1. The molecule has 1 N–H and O–H groups in total. The van der Waals surface area contributed by atoms with E-state index in [1.165, 1.54) is 0 Å². The van der Waals surface area contributed by atoms with Gasteiger partial charge in [-0.1, -0.05) is 30.3 Å². The smallest absolute Gasteiger partial charge is 0.255 e. The Morgan fingerprint density at radius 2 is 1.92 bits per heavy atom. The second-order valence-electron chi connectivity index (χ2n) is 5.34. The number of nitrogens with zero attached hydrogens (tertiary/aromatic N) is 2. The molecule has 0 radical (unpaired) electrons. The van der Waals surface area contributed by atoms with Crippen molar-refractivity contribution in [1.29, 1.82) is 0 Å². The van der Waals surface area contributed by atoms with E-state index in [0.717, 1.165) is 23.8 Å². The molecule has 0 aliphatic heterocycles. The second kappa shape index (κ2) is 6.62. The van der Waals surface area contributed by atoms with Crippen molar-refractivity contribution in [3.8, 4) is 0 Å². The van der Waals surface area contributed by atoms with Gasteiger partial charge in [-0.25, -0.2) is 13.8 Å². The molecule has 6 heteroatoms. The van der Waals surface area contributed by atoms with Crippen molar-refractivity contribution in [1.82, 2.24) is 14.9 Å². The van der Waals surface area contributed by atoms with E-state index in [4.69, 9.17) is 0 Å². The van der Waals surface area contributed by atoms with Crippen molar-refractivity contribution >= 4 is 5.91 Å². The fourth-order valence-electron chi connectivity index (χ4n) is 2.48. The largest absolute Gasteiger partial charge is 0.338 e. The van der Waals surface area contributed by atoms with Gasteiger partial charge in [0.1, 0.15) is 23.5 Å². The molecule has 4 nitrogen and oxygen atoms in total. The Morgan fingerprint density at radius 3 is 2.58 bits per heavy atom. The summed E-state index contributed by atoms with van der Waals surface area (Å²) in [6.45, 7) is 0. The van der Waals surface area contributed by atoms with Gasteiger partial charge >= 0.3 is 0 Å². The Morgan fingerprint density at radius 1 is 1.17 bits per heavy atom. The van der Waals surface area contributed by atoms with Crippen LogP contribution in [0.3, 0.4) is 0 Å². The molecule has 1 atom stereocenters. The predicted octanol–water partition coefficient (Wildman–Crippen LogP) is 3.22. The van der Waals surface area contributed by atoms with Crippen LogP contribution in [0.15, 0.2) is 60.9 Å². The number of hydrogen-bond donors (Lipinski definition) is 1. The van der Waals surface area contributed by atoms with Crippen LogP contribution in [-0.2, 0) is 7.05 Å². The number of carbonyl (C=O) groups is 1. The lowest BCUT2D eigenvalue weighted by Gasteiger charge is -2.19. The number of imidazole rings is 1. The summed E-state index contributed by atoms with van der Waals surface area (Å²) in [4.78, 5) is 16.7. The summed E-state index contributed by atoms with van der Waals surface area (Å²) in [6.07, 6.45) is 3.36. The molecule has 1 aromatic heterocycles. The highest BCUT2D eigenvalue weighted by Gasteiger charge is 2.23. The van der Waals surface area contributed by atoms with Crippen LogP contribution in [0.2, 0.25) is 0 Å². The van der Waals surface area contributed by atoms with Crippen LogP contribution >= 0.6 is 0 Å². The van der Waals surface area contributed by atoms with Gasteiger partial charge in [0.05, 0.1) is 5.56 Å². The monoisotopic (exact) mass is 327 g/mol. The molecule has 0 aliphatic rings. The maximum absolute atomic E-state index is 13.8. The highest BCUT2D eigenvalue weighted by Crippen LogP contribution is 2.21. The Hall–Kier alpha value is -3.02. The Balaban J connectivity index is 1.97. The molecular formula is C18H15F2N3O. The van der Waals surface area contributed by atoms with E-state index in [9.17, 15) is 13.6 Å². The summed E-state index contributed by atoms with van der Waals surface area (Å²) in [5.74, 6) is -1.56. The third kappa shape index (κ3) is 3.17. The first-order valence-electron chi connectivity index (χ1n) is 7.34. The molecule has 0 aliphatic carbocycles. The molecule has 0 saturated carbocycles. The zero-order chi connectivity index (χ0) is 17.1. The molecule has 0 fully saturated rings. The molecule has 1 heterocycles. The summed E-state index contributed by atoms with van der Waals surface area (Å²) >= 11 is 0. The average molecular weight is 327 g/mol. The lowest BCUT2D eigenvalue weighted by molar-refractivity contribution is 0.0936. The number of aryl methyl sites for hydroxylation is 1. The maximum Gasteiger partial charge on any atom is 0.255 e. The number of carbonyl (C=O) groups excluding carboxylic acids is 1. The summed E-state index contributed by atoms with van der Waals surface area (Å²) in [5, 5.41) is 2.73. The Kier molecular flexibility index (Phi) is 4.37. The quantitative estimate of drug-likeness (QED) is 0.800. The molecule has 0 bridgehead atoms. The van der Waals surface area contributed by atoms with Gasteiger partial charge in [-0.05, 0) is 23.8 Å². The highest BCUT2D eigenvalue weighted by atomic mass is 19.1. The first-order valence-corrected chi connectivity index (χ1v) is 7.34. The molecule has 24 heavy (non-hydrogen) atoms. The van der Waals surface area contributed by atoms with Crippen LogP contribution in [0.1, 0.15) is 27.8 Å².